The summed E-state index contributed by atoms with van der Waals surface area (Å²) >= 11 is 0. The molecular weight excluding hydrogens is 392 g/mol. The van der Waals surface area contributed by atoms with Gasteiger partial charge in [0.2, 0.25) is 0 Å². The van der Waals surface area contributed by atoms with Crippen molar-refractivity contribution in [3.63, 3.8) is 0 Å². The van der Waals surface area contributed by atoms with E-state index in [1.54, 1.807) is 13.8 Å². The Kier molecular flexibility index (Phi) is 7.50. The summed E-state index contributed by atoms with van der Waals surface area (Å²) in [5.74, 6) is 0.161. The number of imidazole rings is 1. The number of hydrogen-bond acceptors (Lipinski definition) is 11. The number of aliphatic hydroxyl groups is 2. The first-order chi connectivity index (χ1) is 12.2. The first-order valence-corrected chi connectivity index (χ1v) is 9.29. The number of rotatable bonds is 6. The van der Waals surface area contributed by atoms with Crippen LogP contribution in [-0.4, -0.2) is 65.6 Å². The second kappa shape index (κ2) is 8.89. The van der Waals surface area contributed by atoms with Gasteiger partial charge in [-0.1, -0.05) is 0 Å². The monoisotopic (exact) mass is 412 g/mol. The van der Waals surface area contributed by atoms with E-state index in [-0.39, 0.29) is 35.4 Å². The molecule has 0 saturated carbocycles. The molecule has 3 rings (SSSR count). The van der Waals surface area contributed by atoms with Crippen LogP contribution in [0.1, 0.15) is 20.1 Å². The van der Waals surface area contributed by atoms with Gasteiger partial charge in [0.15, 0.2) is 17.7 Å². The summed E-state index contributed by atoms with van der Waals surface area (Å²) < 4.78 is 16.6. The Balaban J connectivity index is 0.00000261. The number of aromatic nitrogens is 4. The average molecular weight is 412 g/mol. The number of nitrogens with two attached hydrogens (primary N) is 1. The fraction of sp³-hybridized carbons (Fsp3) is 0.615. The molecular formula is C13H20N5NaO7P+. The van der Waals surface area contributed by atoms with Crippen molar-refractivity contribution in [1.82, 2.24) is 19.5 Å². The van der Waals surface area contributed by atoms with E-state index in [1.807, 2.05) is 0 Å². The molecule has 2 aromatic rings. The predicted molar refractivity (Wildman–Crippen MR) is 87.0 cm³/mol. The Morgan fingerprint density at radius 2 is 2.04 bits per heavy atom. The van der Waals surface area contributed by atoms with Crippen LogP contribution in [0.15, 0.2) is 12.7 Å². The Labute approximate surface area is 177 Å². The van der Waals surface area contributed by atoms with Crippen molar-refractivity contribution in [2.24, 2.45) is 0 Å². The number of hydrogen-bond donors (Lipinski definition) is 4. The minimum atomic E-state index is -4.30. The fourth-order valence-electron chi connectivity index (χ4n) is 2.62. The minimum Gasteiger partial charge on any atom is -0.606 e. The summed E-state index contributed by atoms with van der Waals surface area (Å²) in [6.45, 7) is 2.69. The molecule has 1 saturated heterocycles. The first kappa shape index (κ1) is 22.8. The SMILES string of the molecule is CC(C)O[P+]([O-])(O)OC[C@@H]1O[C@H](n2cnc3c(N)ncnc32)[C@@H](O)[C@H]1O.[Na+]. The Hall–Kier alpha value is -0.500. The molecule has 1 aliphatic heterocycles. The van der Waals surface area contributed by atoms with E-state index in [0.29, 0.717) is 11.2 Å². The van der Waals surface area contributed by atoms with Crippen LogP contribution in [0.2, 0.25) is 0 Å². The third kappa shape index (κ3) is 4.92. The van der Waals surface area contributed by atoms with Gasteiger partial charge in [-0.3, -0.25) is 4.57 Å². The van der Waals surface area contributed by atoms with Crippen molar-refractivity contribution >= 4 is 25.2 Å². The van der Waals surface area contributed by atoms with Gasteiger partial charge in [-0.25, -0.2) is 15.0 Å². The molecule has 14 heteroatoms. The maximum Gasteiger partial charge on any atom is 1.00 e. The van der Waals surface area contributed by atoms with Crippen molar-refractivity contribution in [1.29, 1.82) is 0 Å². The Morgan fingerprint density at radius 1 is 1.33 bits per heavy atom. The van der Waals surface area contributed by atoms with Crippen LogP contribution < -0.4 is 40.2 Å². The molecule has 0 aliphatic carbocycles. The third-order valence-electron chi connectivity index (χ3n) is 3.74. The van der Waals surface area contributed by atoms with Crippen LogP contribution in [-0.2, 0) is 13.8 Å². The molecule has 1 unspecified atom stereocenters. The number of phosphoric acid groups is 1. The van der Waals surface area contributed by atoms with E-state index in [9.17, 15) is 20.0 Å². The molecule has 5 atom stereocenters. The molecule has 3 heterocycles. The van der Waals surface area contributed by atoms with Crippen LogP contribution in [0, 0.1) is 0 Å². The molecule has 27 heavy (non-hydrogen) atoms. The van der Waals surface area contributed by atoms with Gasteiger partial charge in [0.25, 0.3) is 0 Å². The number of aliphatic hydroxyl groups excluding tert-OH is 2. The molecule has 144 valence electrons. The van der Waals surface area contributed by atoms with Crippen molar-refractivity contribution < 1.29 is 63.3 Å². The number of ether oxygens (including phenoxy) is 1. The molecule has 12 nitrogen and oxygen atoms in total. The van der Waals surface area contributed by atoms with Crippen molar-refractivity contribution in [3.8, 4) is 0 Å². The van der Waals surface area contributed by atoms with Crippen LogP contribution in [0.25, 0.3) is 11.2 Å². The summed E-state index contributed by atoms with van der Waals surface area (Å²) in [6.07, 6.45) is -2.76. The van der Waals surface area contributed by atoms with Crippen molar-refractivity contribution in [3.05, 3.63) is 12.7 Å². The summed E-state index contributed by atoms with van der Waals surface area (Å²) in [6, 6.07) is 0. The topological polar surface area (TPSA) is 181 Å². The van der Waals surface area contributed by atoms with E-state index >= 15 is 0 Å². The molecule has 0 bridgehead atoms. The van der Waals surface area contributed by atoms with Gasteiger partial charge in [-0.15, -0.1) is 0 Å². The number of fused-ring (bicyclic) bond motifs is 1. The predicted octanol–water partition coefficient (Wildman–Crippen LogP) is -4.50. The maximum atomic E-state index is 11.8. The van der Waals surface area contributed by atoms with Crippen molar-refractivity contribution in [2.45, 2.75) is 44.5 Å². The zero-order valence-corrected chi connectivity index (χ0v) is 17.9. The van der Waals surface area contributed by atoms with Gasteiger partial charge >= 0.3 is 37.7 Å². The molecule has 0 amide bonds. The van der Waals surface area contributed by atoms with Crippen LogP contribution >= 0.6 is 8.17 Å². The Bertz CT molecular complexity index is 779. The summed E-state index contributed by atoms with van der Waals surface area (Å²) in [5, 5.41) is 20.5. The molecule has 0 aromatic carbocycles. The third-order valence-corrected chi connectivity index (χ3v) is 4.91. The van der Waals surface area contributed by atoms with Crippen LogP contribution in [0.5, 0.6) is 0 Å². The minimum absolute atomic E-state index is 0. The van der Waals surface area contributed by atoms with Crippen LogP contribution in [0.3, 0.4) is 0 Å². The largest absolute Gasteiger partial charge is 1.00 e. The van der Waals surface area contributed by atoms with E-state index in [2.05, 4.69) is 15.0 Å². The number of nitrogen functional groups attached to an aromatic ring is 1. The van der Waals surface area contributed by atoms with E-state index < -0.39 is 45.4 Å². The molecule has 2 aromatic heterocycles. The second-order valence-electron chi connectivity index (χ2n) is 6.05. The molecule has 0 spiro atoms. The van der Waals surface area contributed by atoms with E-state index in [4.69, 9.17) is 19.5 Å². The fourth-order valence-corrected chi connectivity index (χ4v) is 3.55. The first-order valence-electron chi connectivity index (χ1n) is 7.80. The molecule has 1 aliphatic rings. The second-order valence-corrected chi connectivity index (χ2v) is 7.45. The van der Waals surface area contributed by atoms with E-state index in [0.717, 1.165) is 0 Å². The smallest absolute Gasteiger partial charge is 0.606 e. The number of nitrogens with zero attached hydrogens (tertiary/aromatic N) is 4. The maximum absolute atomic E-state index is 11.8. The summed E-state index contributed by atoms with van der Waals surface area (Å²) in [7, 11) is -4.30. The van der Waals surface area contributed by atoms with Gasteiger partial charge in [-0.2, -0.15) is 13.9 Å². The van der Waals surface area contributed by atoms with Crippen LogP contribution in [0.4, 0.5) is 5.82 Å². The summed E-state index contributed by atoms with van der Waals surface area (Å²) in [5.41, 5.74) is 6.35. The van der Waals surface area contributed by atoms with Crippen molar-refractivity contribution in [2.75, 3.05) is 12.3 Å². The molecule has 0 radical (unpaired) electrons. The quantitative estimate of drug-likeness (QED) is 0.265. The van der Waals surface area contributed by atoms with Gasteiger partial charge in [0.1, 0.15) is 42.9 Å². The zero-order valence-electron chi connectivity index (χ0n) is 15.0. The zero-order chi connectivity index (χ0) is 19.1. The number of phosphoric ester groups is 1. The van der Waals surface area contributed by atoms with Gasteiger partial charge in [-0.05, 0) is 13.8 Å². The average Bonchev–Trinajstić information content (AvgIpc) is 3.08. The van der Waals surface area contributed by atoms with Gasteiger partial charge < -0.3 is 25.6 Å². The standard InChI is InChI=1S/C13H20N5O7P.Na/c1-6(2)25-26(21,22)23-3-7-9(19)10(20)13(24-7)18-5-17-8-11(14)15-4-16-12(8)18;/h4-7,9-10,13,19-20H,3H2,1-2H3,(H,21,22)(H2,14,15,16);/q;+1/t7-,9-,10-,13-;/m0./s1. The summed E-state index contributed by atoms with van der Waals surface area (Å²) in [4.78, 5) is 33.3. The van der Waals surface area contributed by atoms with Gasteiger partial charge in [0.05, 0.1) is 6.33 Å². The Morgan fingerprint density at radius 3 is 2.70 bits per heavy atom. The molecule has 1 fully saturated rings. The normalized spacial score (nSPS) is 27.7. The number of anilines is 1. The van der Waals surface area contributed by atoms with E-state index in [1.165, 1.54) is 17.2 Å². The molecule has 5 N–H and O–H groups in total. The van der Waals surface area contributed by atoms with Gasteiger partial charge in [0, 0.05) is 0 Å².